The fourth-order valence-corrected chi connectivity index (χ4v) is 4.03. The van der Waals surface area contributed by atoms with Crippen molar-refractivity contribution in [3.63, 3.8) is 0 Å². The fourth-order valence-electron chi connectivity index (χ4n) is 2.66. The van der Waals surface area contributed by atoms with Crippen molar-refractivity contribution in [1.82, 2.24) is 15.2 Å². The van der Waals surface area contributed by atoms with E-state index in [1.165, 1.54) is 12.1 Å². The van der Waals surface area contributed by atoms with E-state index < -0.39 is 13.5 Å². The molecule has 0 radical (unpaired) electrons. The van der Waals surface area contributed by atoms with Gasteiger partial charge in [0, 0.05) is 17.7 Å². The number of nitrogens with zero attached hydrogens (tertiary/aromatic N) is 2. The number of hydrogen-bond acceptors (Lipinski definition) is 6. The Hall–Kier alpha value is -2.71. The van der Waals surface area contributed by atoms with Crippen LogP contribution in [-0.4, -0.2) is 38.8 Å². The van der Waals surface area contributed by atoms with Crippen LogP contribution >= 0.6 is 19.1 Å². The number of aromatic nitrogens is 2. The molecule has 2 aromatic carbocycles. The number of hydrogen-bond donors (Lipinski definition) is 3. The zero-order chi connectivity index (χ0) is 22.6. The number of carboxylic acid groups (broad SMARTS) is 1. The third-order valence-electron chi connectivity index (χ3n) is 4.11. The first kappa shape index (κ1) is 23.0. The van der Waals surface area contributed by atoms with Crippen molar-refractivity contribution >= 4 is 30.4 Å². The van der Waals surface area contributed by atoms with Crippen LogP contribution in [0.5, 0.6) is 5.75 Å². The molecule has 9 nitrogen and oxygen atoms in total. The van der Waals surface area contributed by atoms with Crippen molar-refractivity contribution in [3.05, 3.63) is 47.5 Å². The zero-order valence-corrected chi connectivity index (χ0v) is 18.4. The van der Waals surface area contributed by atoms with Crippen LogP contribution in [0.2, 0.25) is 5.02 Å². The predicted octanol–water partition coefficient (Wildman–Crippen LogP) is 3.72. The van der Waals surface area contributed by atoms with Crippen LogP contribution in [-0.2, 0) is 9.36 Å². The minimum atomic E-state index is -3.88. The van der Waals surface area contributed by atoms with Crippen molar-refractivity contribution in [2.75, 3.05) is 6.54 Å². The van der Waals surface area contributed by atoms with Crippen molar-refractivity contribution in [2.45, 2.75) is 26.4 Å². The molecule has 31 heavy (non-hydrogen) atoms. The van der Waals surface area contributed by atoms with E-state index in [1.807, 2.05) is 13.8 Å². The predicted molar refractivity (Wildman–Crippen MR) is 116 cm³/mol. The number of ether oxygens (including phenoxy) is 1. The van der Waals surface area contributed by atoms with Gasteiger partial charge in [-0.25, -0.2) is 5.09 Å². The Morgan fingerprint density at radius 1 is 1.23 bits per heavy atom. The van der Waals surface area contributed by atoms with Crippen LogP contribution in [0.25, 0.3) is 22.8 Å². The highest BCUT2D eigenvalue weighted by atomic mass is 35.5. The summed E-state index contributed by atoms with van der Waals surface area (Å²) in [5.74, 6) is 0.0653. The van der Waals surface area contributed by atoms with E-state index in [4.69, 9.17) is 26.0 Å². The highest BCUT2D eigenvalue weighted by Gasteiger charge is 2.21. The first-order chi connectivity index (χ1) is 14.7. The van der Waals surface area contributed by atoms with E-state index in [9.17, 15) is 14.3 Å². The lowest BCUT2D eigenvalue weighted by Gasteiger charge is -2.12. The Kier molecular flexibility index (Phi) is 7.12. The highest BCUT2D eigenvalue weighted by Crippen LogP contribution is 2.35. The second-order valence-electron chi connectivity index (χ2n) is 6.91. The number of rotatable bonds is 9. The first-order valence-corrected chi connectivity index (χ1v) is 11.4. The number of carbonyl (C=O) groups is 1. The number of nitrogens with one attached hydrogen (secondary N) is 1. The summed E-state index contributed by atoms with van der Waals surface area (Å²) in [4.78, 5) is 25.0. The largest absolute Gasteiger partial charge is 0.489 e. The third kappa shape index (κ3) is 5.92. The molecule has 0 aliphatic heterocycles. The molecule has 164 valence electrons. The maximum Gasteiger partial charge on any atom is 0.304 e. The number of carboxylic acids is 1. The van der Waals surface area contributed by atoms with Crippen LogP contribution in [0.15, 0.2) is 47.0 Å². The average molecular weight is 466 g/mol. The average Bonchev–Trinajstić information content (AvgIpc) is 3.19. The maximum atomic E-state index is 12.3. The normalized spacial score (nSPS) is 13.2. The molecular formula is C20H21ClN3O6P. The SMILES string of the molecule is CC(C)Oc1ccc(-c2noc(-c3ccc(P(=O)(O)NCCC(=O)O)cc3)n2)cc1Cl. The number of benzene rings is 2. The summed E-state index contributed by atoms with van der Waals surface area (Å²) in [6.45, 7) is 3.69. The van der Waals surface area contributed by atoms with Gasteiger partial charge < -0.3 is 19.3 Å². The van der Waals surface area contributed by atoms with Gasteiger partial charge in [-0.1, -0.05) is 16.8 Å². The number of aliphatic carboxylic acids is 1. The second kappa shape index (κ2) is 9.62. The van der Waals surface area contributed by atoms with Gasteiger partial charge in [-0.3, -0.25) is 9.36 Å². The molecule has 1 heterocycles. The van der Waals surface area contributed by atoms with Gasteiger partial charge in [-0.15, -0.1) is 0 Å². The summed E-state index contributed by atoms with van der Waals surface area (Å²) in [5.41, 5.74) is 1.20. The van der Waals surface area contributed by atoms with Gasteiger partial charge in [-0.2, -0.15) is 4.98 Å². The Morgan fingerprint density at radius 2 is 1.90 bits per heavy atom. The standard InChI is InChI=1S/C20H21ClN3O6P/c1-12(2)29-17-8-5-14(11-16(17)21)19-23-20(30-24-19)13-3-6-15(7-4-13)31(27,28)22-10-9-18(25)26/h3-8,11-12H,9-10H2,1-2H3,(H,25,26)(H2,22,27,28). The molecule has 3 rings (SSSR count). The molecular weight excluding hydrogens is 445 g/mol. The molecule has 0 bridgehead atoms. The lowest BCUT2D eigenvalue weighted by Crippen LogP contribution is -2.21. The van der Waals surface area contributed by atoms with E-state index in [0.717, 1.165) is 0 Å². The third-order valence-corrected chi connectivity index (χ3v) is 6.05. The lowest BCUT2D eigenvalue weighted by molar-refractivity contribution is -0.136. The molecule has 0 aliphatic rings. The first-order valence-electron chi connectivity index (χ1n) is 9.37. The van der Waals surface area contributed by atoms with Crippen molar-refractivity contribution in [3.8, 4) is 28.6 Å². The molecule has 0 aliphatic carbocycles. The van der Waals surface area contributed by atoms with Gasteiger partial charge in [0.05, 0.1) is 22.9 Å². The summed E-state index contributed by atoms with van der Waals surface area (Å²) in [6, 6.07) is 11.2. The summed E-state index contributed by atoms with van der Waals surface area (Å²) < 4.78 is 23.3. The summed E-state index contributed by atoms with van der Waals surface area (Å²) in [6.07, 6.45) is -0.271. The summed E-state index contributed by atoms with van der Waals surface area (Å²) in [5, 5.41) is 15.5. The van der Waals surface area contributed by atoms with E-state index in [2.05, 4.69) is 15.2 Å². The molecule has 0 fully saturated rings. The van der Waals surface area contributed by atoms with Gasteiger partial charge in [0.15, 0.2) is 0 Å². The molecule has 3 aromatic rings. The van der Waals surface area contributed by atoms with Crippen LogP contribution in [0.3, 0.4) is 0 Å². The fraction of sp³-hybridized carbons (Fsp3) is 0.250. The minimum Gasteiger partial charge on any atom is -0.489 e. The minimum absolute atomic E-state index is 0.00954. The van der Waals surface area contributed by atoms with Gasteiger partial charge in [-0.05, 0) is 56.3 Å². The Labute approximate surface area is 183 Å². The molecule has 0 saturated carbocycles. The van der Waals surface area contributed by atoms with Crippen molar-refractivity contribution in [1.29, 1.82) is 0 Å². The van der Waals surface area contributed by atoms with E-state index in [1.54, 1.807) is 30.3 Å². The van der Waals surface area contributed by atoms with E-state index in [0.29, 0.717) is 27.7 Å². The van der Waals surface area contributed by atoms with Gasteiger partial charge in [0.1, 0.15) is 5.75 Å². The van der Waals surface area contributed by atoms with Crippen LogP contribution in [0.1, 0.15) is 20.3 Å². The summed E-state index contributed by atoms with van der Waals surface area (Å²) in [7, 11) is -3.88. The molecule has 0 spiro atoms. The molecule has 1 aromatic heterocycles. The van der Waals surface area contributed by atoms with Crippen LogP contribution < -0.4 is 15.1 Å². The highest BCUT2D eigenvalue weighted by molar-refractivity contribution is 7.64. The van der Waals surface area contributed by atoms with E-state index in [-0.39, 0.29) is 30.3 Å². The van der Waals surface area contributed by atoms with Gasteiger partial charge in [0.2, 0.25) is 5.82 Å². The molecule has 3 N–H and O–H groups in total. The molecule has 0 amide bonds. The molecule has 0 saturated heterocycles. The Morgan fingerprint density at radius 3 is 2.52 bits per heavy atom. The monoisotopic (exact) mass is 465 g/mol. The molecule has 1 unspecified atom stereocenters. The topological polar surface area (TPSA) is 135 Å². The van der Waals surface area contributed by atoms with Gasteiger partial charge >= 0.3 is 5.97 Å². The zero-order valence-electron chi connectivity index (χ0n) is 16.8. The molecule has 11 heteroatoms. The second-order valence-corrected chi connectivity index (χ2v) is 9.30. The maximum absolute atomic E-state index is 12.3. The molecule has 1 atom stereocenters. The Balaban J connectivity index is 1.75. The lowest BCUT2D eigenvalue weighted by atomic mass is 10.2. The number of halogens is 1. The van der Waals surface area contributed by atoms with Crippen molar-refractivity contribution < 1.29 is 28.6 Å². The quantitative estimate of drug-likeness (QED) is 0.404. The van der Waals surface area contributed by atoms with Crippen LogP contribution in [0.4, 0.5) is 0 Å². The van der Waals surface area contributed by atoms with Crippen molar-refractivity contribution in [2.24, 2.45) is 0 Å². The Bertz CT molecular complexity index is 1120. The smallest absolute Gasteiger partial charge is 0.304 e. The van der Waals surface area contributed by atoms with Gasteiger partial charge in [0.25, 0.3) is 13.4 Å². The summed E-state index contributed by atoms with van der Waals surface area (Å²) >= 11 is 6.26. The van der Waals surface area contributed by atoms with Crippen LogP contribution in [0, 0.1) is 0 Å². The van der Waals surface area contributed by atoms with E-state index >= 15 is 0 Å².